The first-order valence-corrected chi connectivity index (χ1v) is 13.8. The highest BCUT2D eigenvalue weighted by molar-refractivity contribution is 5.78. The lowest BCUT2D eigenvalue weighted by Gasteiger charge is -2.21. The molecule has 0 saturated heterocycles. The Kier molecular flexibility index (Phi) is 8.02. The molecule has 2 aromatic heterocycles. The topological polar surface area (TPSA) is 97.3 Å². The van der Waals surface area contributed by atoms with E-state index < -0.39 is 0 Å². The lowest BCUT2D eigenvalue weighted by Crippen LogP contribution is -2.23. The Morgan fingerprint density at radius 1 is 0.805 bits per heavy atom. The third kappa shape index (κ3) is 6.14. The van der Waals surface area contributed by atoms with Gasteiger partial charge >= 0.3 is 0 Å². The summed E-state index contributed by atoms with van der Waals surface area (Å²) in [6.45, 7) is 6.41. The molecule has 1 fully saturated rings. The molecule has 3 atom stereocenters. The zero-order valence-corrected chi connectivity index (χ0v) is 22.8. The van der Waals surface area contributed by atoms with E-state index in [-0.39, 0.29) is 24.0 Å². The molecular weight excluding hydrogens is 514 g/mol. The predicted octanol–water partition coefficient (Wildman–Crippen LogP) is 5.91. The van der Waals surface area contributed by atoms with Crippen molar-refractivity contribution in [2.75, 3.05) is 12.3 Å². The van der Waals surface area contributed by atoms with Gasteiger partial charge in [0.05, 0.1) is 38.3 Å². The quantitative estimate of drug-likeness (QED) is 0.205. The maximum atomic E-state index is 6.49. The maximum Gasteiger partial charge on any atom is 0.247 e. The van der Waals surface area contributed by atoms with E-state index in [0.717, 1.165) is 22.3 Å². The average Bonchev–Trinajstić information content (AvgIpc) is 3.56. The van der Waals surface area contributed by atoms with Crippen molar-refractivity contribution in [2.24, 2.45) is 5.92 Å². The number of nitrogens with two attached hydrogens (primary N) is 1. The van der Waals surface area contributed by atoms with E-state index in [0.29, 0.717) is 49.9 Å². The molecule has 0 spiro atoms. The van der Waals surface area contributed by atoms with E-state index >= 15 is 0 Å². The molecule has 0 unspecified atom stereocenters. The molecule has 1 aliphatic rings. The van der Waals surface area contributed by atoms with Gasteiger partial charge in [-0.2, -0.15) is 9.97 Å². The third-order valence-electron chi connectivity index (χ3n) is 7.49. The third-order valence-corrected chi connectivity index (χ3v) is 7.49. The predicted molar refractivity (Wildman–Crippen MR) is 158 cm³/mol. The fourth-order valence-electron chi connectivity index (χ4n) is 5.33. The molecular formula is C33H33N5O3. The van der Waals surface area contributed by atoms with Crippen LogP contribution in [0.1, 0.15) is 29.2 Å². The van der Waals surface area contributed by atoms with Crippen LogP contribution in [-0.4, -0.2) is 32.2 Å². The van der Waals surface area contributed by atoms with Crippen LogP contribution in [0.3, 0.4) is 0 Å². The van der Waals surface area contributed by atoms with Gasteiger partial charge in [0, 0.05) is 5.92 Å². The van der Waals surface area contributed by atoms with E-state index in [4.69, 9.17) is 19.9 Å². The Hall–Kier alpha value is -4.53. The number of aromatic nitrogens is 4. The van der Waals surface area contributed by atoms with Crippen molar-refractivity contribution in [3.05, 3.63) is 126 Å². The largest absolute Gasteiger partial charge is 0.471 e. The van der Waals surface area contributed by atoms with Crippen molar-refractivity contribution in [1.82, 2.24) is 19.5 Å². The van der Waals surface area contributed by atoms with Crippen LogP contribution in [-0.2, 0) is 29.3 Å². The van der Waals surface area contributed by atoms with Crippen molar-refractivity contribution in [3.63, 3.8) is 0 Å². The van der Waals surface area contributed by atoms with Gasteiger partial charge in [0.15, 0.2) is 11.2 Å². The monoisotopic (exact) mass is 547 g/mol. The molecule has 0 radical (unpaired) electrons. The second-order valence-electron chi connectivity index (χ2n) is 10.3. The molecule has 1 saturated carbocycles. The van der Waals surface area contributed by atoms with Gasteiger partial charge in [-0.3, -0.25) is 0 Å². The number of rotatable bonds is 11. The molecule has 0 bridgehead atoms. The first-order valence-electron chi connectivity index (χ1n) is 13.8. The highest BCUT2D eigenvalue weighted by Crippen LogP contribution is 2.43. The first-order chi connectivity index (χ1) is 20.2. The smallest absolute Gasteiger partial charge is 0.247 e. The summed E-state index contributed by atoms with van der Waals surface area (Å²) in [5, 5.41) is 0. The molecule has 208 valence electrons. The SMILES string of the molecule is C=C1[C@@H](COCc2ccccc2)[C@@H](OCc2ccccc2)C[C@H]1n1cnc2c(OCc3ccccc3)nc(N)nc21. The van der Waals surface area contributed by atoms with E-state index in [2.05, 4.69) is 45.8 Å². The number of hydrogen-bond donors (Lipinski definition) is 1. The number of nitrogen functional groups attached to an aromatic ring is 1. The summed E-state index contributed by atoms with van der Waals surface area (Å²) in [5.74, 6) is 0.488. The Morgan fingerprint density at radius 3 is 2.07 bits per heavy atom. The van der Waals surface area contributed by atoms with Crippen molar-refractivity contribution >= 4 is 17.1 Å². The van der Waals surface area contributed by atoms with Gasteiger partial charge in [0.1, 0.15) is 6.61 Å². The molecule has 6 rings (SSSR count). The molecule has 2 heterocycles. The van der Waals surface area contributed by atoms with E-state index in [9.17, 15) is 0 Å². The molecule has 0 aliphatic heterocycles. The van der Waals surface area contributed by atoms with Gasteiger partial charge in [-0.25, -0.2) is 4.98 Å². The summed E-state index contributed by atoms with van der Waals surface area (Å²) in [5.41, 5.74) is 11.6. The lowest BCUT2D eigenvalue weighted by atomic mass is 10.0. The van der Waals surface area contributed by atoms with Gasteiger partial charge in [0.2, 0.25) is 11.8 Å². The number of anilines is 1. The second kappa shape index (κ2) is 12.3. The minimum absolute atomic E-state index is 0.00198. The lowest BCUT2D eigenvalue weighted by molar-refractivity contribution is -0.0122. The standard InChI is InChI=1S/C33H33N5O3/c1-23-27(21-39-18-24-11-5-2-6-12-24)29(40-19-25-13-7-3-8-14-25)17-28(23)38-22-35-30-31(38)36-33(34)37-32(30)41-20-26-15-9-4-10-16-26/h2-16,22,27-29H,1,17-21H2,(H2,34,36,37)/t27-,28-,29+/m1/s1. The van der Waals surface area contributed by atoms with Crippen molar-refractivity contribution < 1.29 is 14.2 Å². The average molecular weight is 548 g/mol. The molecule has 8 nitrogen and oxygen atoms in total. The van der Waals surface area contributed by atoms with Crippen LogP contribution in [0.15, 0.2) is 109 Å². The normalized spacial score (nSPS) is 18.6. The molecule has 5 aromatic rings. The van der Waals surface area contributed by atoms with Crippen LogP contribution < -0.4 is 10.5 Å². The molecule has 1 aliphatic carbocycles. The number of hydrogen-bond acceptors (Lipinski definition) is 7. The fraction of sp³-hybridized carbons (Fsp3) is 0.242. The Labute approximate surface area is 239 Å². The minimum atomic E-state index is -0.0950. The fourth-order valence-corrected chi connectivity index (χ4v) is 5.33. The van der Waals surface area contributed by atoms with Crippen molar-refractivity contribution in [1.29, 1.82) is 0 Å². The summed E-state index contributed by atoms with van der Waals surface area (Å²) < 4.78 is 20.7. The van der Waals surface area contributed by atoms with Crippen LogP contribution in [0.4, 0.5) is 5.95 Å². The van der Waals surface area contributed by atoms with Gasteiger partial charge in [-0.15, -0.1) is 0 Å². The van der Waals surface area contributed by atoms with Crippen molar-refractivity contribution in [2.45, 2.75) is 38.4 Å². The number of nitrogens with zero attached hydrogens (tertiary/aromatic N) is 4. The first kappa shape index (κ1) is 26.7. The Bertz CT molecular complexity index is 1590. The summed E-state index contributed by atoms with van der Waals surface area (Å²) in [7, 11) is 0. The van der Waals surface area contributed by atoms with E-state index in [1.165, 1.54) is 0 Å². The molecule has 41 heavy (non-hydrogen) atoms. The Morgan fingerprint density at radius 2 is 1.41 bits per heavy atom. The highest BCUT2D eigenvalue weighted by Gasteiger charge is 2.40. The highest BCUT2D eigenvalue weighted by atomic mass is 16.5. The van der Waals surface area contributed by atoms with Crippen LogP contribution in [0.2, 0.25) is 0 Å². The number of benzene rings is 3. The molecule has 2 N–H and O–H groups in total. The number of ether oxygens (including phenoxy) is 3. The molecule has 0 amide bonds. The van der Waals surface area contributed by atoms with Crippen LogP contribution in [0, 0.1) is 5.92 Å². The summed E-state index contributed by atoms with van der Waals surface area (Å²) in [6.07, 6.45) is 2.39. The number of imidazole rings is 1. The summed E-state index contributed by atoms with van der Waals surface area (Å²) >= 11 is 0. The summed E-state index contributed by atoms with van der Waals surface area (Å²) in [4.78, 5) is 13.5. The zero-order chi connectivity index (χ0) is 28.0. The number of fused-ring (bicyclic) bond motifs is 1. The zero-order valence-electron chi connectivity index (χ0n) is 22.8. The summed E-state index contributed by atoms with van der Waals surface area (Å²) in [6, 6.07) is 30.2. The minimum Gasteiger partial charge on any atom is -0.471 e. The van der Waals surface area contributed by atoms with Gasteiger partial charge < -0.3 is 24.5 Å². The molecule has 8 heteroatoms. The van der Waals surface area contributed by atoms with Crippen LogP contribution in [0.25, 0.3) is 11.2 Å². The van der Waals surface area contributed by atoms with E-state index in [1.807, 2.05) is 71.3 Å². The second-order valence-corrected chi connectivity index (χ2v) is 10.3. The van der Waals surface area contributed by atoms with E-state index in [1.54, 1.807) is 6.33 Å². The Balaban J connectivity index is 1.23. The maximum absolute atomic E-state index is 6.49. The van der Waals surface area contributed by atoms with Crippen LogP contribution in [0.5, 0.6) is 5.88 Å². The van der Waals surface area contributed by atoms with Crippen molar-refractivity contribution in [3.8, 4) is 5.88 Å². The van der Waals surface area contributed by atoms with Gasteiger partial charge in [-0.1, -0.05) is 97.6 Å². The van der Waals surface area contributed by atoms with Gasteiger partial charge in [-0.05, 0) is 28.7 Å². The molecule has 3 aromatic carbocycles. The van der Waals surface area contributed by atoms with Gasteiger partial charge in [0.25, 0.3) is 0 Å². The van der Waals surface area contributed by atoms with Crippen LogP contribution >= 0.6 is 0 Å².